The minimum atomic E-state index is -4.75. The van der Waals surface area contributed by atoms with E-state index in [0.717, 1.165) is 17.2 Å². The van der Waals surface area contributed by atoms with Crippen molar-refractivity contribution in [2.75, 3.05) is 19.8 Å². The molecule has 3 atom stereocenters. The second-order valence-electron chi connectivity index (χ2n) is 9.29. The Morgan fingerprint density at radius 2 is 1.73 bits per heavy atom. The van der Waals surface area contributed by atoms with Crippen molar-refractivity contribution >= 4 is 11.8 Å². The number of amides is 2. The summed E-state index contributed by atoms with van der Waals surface area (Å²) in [5.74, 6) is -3.28. The Labute approximate surface area is 206 Å². The summed E-state index contributed by atoms with van der Waals surface area (Å²) in [7, 11) is 0. The first kappa shape index (κ1) is 26.8. The van der Waals surface area contributed by atoms with Gasteiger partial charge < -0.3 is 15.0 Å². The molecule has 1 N–H and O–H groups in total. The van der Waals surface area contributed by atoms with Crippen molar-refractivity contribution in [2.24, 2.45) is 11.8 Å². The zero-order chi connectivity index (χ0) is 27.1. The molecule has 2 aliphatic rings. The number of carbonyl (C=O) groups is 2. The van der Waals surface area contributed by atoms with Crippen LogP contribution in [0.2, 0.25) is 0 Å². The summed E-state index contributed by atoms with van der Waals surface area (Å²) >= 11 is 0. The molecule has 2 saturated heterocycles. The highest BCUT2D eigenvalue weighted by Crippen LogP contribution is 2.36. The van der Waals surface area contributed by atoms with Crippen molar-refractivity contribution in [3.8, 4) is 0 Å². The van der Waals surface area contributed by atoms with Crippen molar-refractivity contribution in [2.45, 2.75) is 37.8 Å². The molecule has 13 heteroatoms. The summed E-state index contributed by atoms with van der Waals surface area (Å²) in [6.07, 6.45) is -7.73. The average molecular weight is 533 g/mol. The Bertz CT molecular complexity index is 1180. The number of likely N-dealkylation sites (tertiary alicyclic amines) is 1. The molecule has 0 radical (unpaired) electrons. The van der Waals surface area contributed by atoms with Gasteiger partial charge in [0.05, 0.1) is 35.9 Å². The van der Waals surface area contributed by atoms with Gasteiger partial charge in [-0.25, -0.2) is 4.39 Å². The molecule has 1 aromatic heterocycles. The molecule has 0 bridgehead atoms. The summed E-state index contributed by atoms with van der Waals surface area (Å²) in [6, 6.07) is 0.549. The topological polar surface area (TPSA) is 71.5 Å². The summed E-state index contributed by atoms with van der Waals surface area (Å²) < 4.78 is 98.0. The van der Waals surface area contributed by atoms with Crippen LogP contribution in [0, 0.1) is 17.7 Å². The number of aromatic nitrogens is 1. The van der Waals surface area contributed by atoms with E-state index in [0.29, 0.717) is 24.4 Å². The van der Waals surface area contributed by atoms with Crippen LogP contribution < -0.4 is 5.32 Å². The average Bonchev–Trinajstić information content (AvgIpc) is 3.17. The number of benzene rings is 1. The highest BCUT2D eigenvalue weighted by Gasteiger charge is 2.42. The zero-order valence-electron chi connectivity index (χ0n) is 19.4. The van der Waals surface area contributed by atoms with E-state index < -0.39 is 59.1 Å². The SMILES string of the molecule is C[C@@H]1C[C@H](C(=O)N[C@@H](c2ccc(C(F)(F)F)cc2F)C2COC2)N(C(=O)c2cncc(C(F)(F)F)c2)C1. The van der Waals surface area contributed by atoms with E-state index in [1.807, 2.05) is 0 Å². The van der Waals surface area contributed by atoms with Gasteiger partial charge >= 0.3 is 12.4 Å². The van der Waals surface area contributed by atoms with Crippen LogP contribution in [-0.2, 0) is 21.9 Å². The van der Waals surface area contributed by atoms with Gasteiger partial charge in [-0.2, -0.15) is 26.3 Å². The van der Waals surface area contributed by atoms with Crippen LogP contribution in [0.4, 0.5) is 30.7 Å². The molecule has 2 aliphatic heterocycles. The second kappa shape index (κ2) is 9.92. The van der Waals surface area contributed by atoms with Crippen molar-refractivity contribution in [3.05, 3.63) is 64.7 Å². The molecule has 2 fully saturated rings. The van der Waals surface area contributed by atoms with Crippen LogP contribution >= 0.6 is 0 Å². The van der Waals surface area contributed by atoms with Crippen LogP contribution in [0.15, 0.2) is 36.7 Å². The number of rotatable bonds is 5. The highest BCUT2D eigenvalue weighted by atomic mass is 19.4. The van der Waals surface area contributed by atoms with Crippen LogP contribution in [0.1, 0.15) is 46.4 Å². The van der Waals surface area contributed by atoms with Gasteiger partial charge in [-0.05, 0) is 30.5 Å². The van der Waals surface area contributed by atoms with Crippen molar-refractivity contribution in [3.63, 3.8) is 0 Å². The van der Waals surface area contributed by atoms with Gasteiger partial charge in [0, 0.05) is 30.4 Å². The Balaban J connectivity index is 1.58. The van der Waals surface area contributed by atoms with Gasteiger partial charge in [-0.15, -0.1) is 0 Å². The van der Waals surface area contributed by atoms with Crippen LogP contribution in [0.3, 0.4) is 0 Å². The van der Waals surface area contributed by atoms with Gasteiger partial charge in [-0.1, -0.05) is 13.0 Å². The Kier molecular flexibility index (Phi) is 7.19. The quantitative estimate of drug-likeness (QED) is 0.570. The molecule has 0 saturated carbocycles. The number of alkyl halides is 6. The largest absolute Gasteiger partial charge is 0.417 e. The maximum absolute atomic E-state index is 14.7. The number of carbonyl (C=O) groups excluding carboxylic acids is 2. The first-order valence-electron chi connectivity index (χ1n) is 11.3. The fraction of sp³-hybridized carbons (Fsp3) is 0.458. The normalized spacial score (nSPS) is 21.5. The molecule has 4 rings (SSSR count). The van der Waals surface area contributed by atoms with Gasteiger partial charge in [-0.3, -0.25) is 14.6 Å². The second-order valence-corrected chi connectivity index (χ2v) is 9.29. The van der Waals surface area contributed by atoms with Crippen molar-refractivity contribution in [1.29, 1.82) is 0 Å². The third-order valence-electron chi connectivity index (χ3n) is 6.48. The van der Waals surface area contributed by atoms with Crippen LogP contribution in [0.25, 0.3) is 0 Å². The van der Waals surface area contributed by atoms with E-state index in [1.54, 1.807) is 6.92 Å². The van der Waals surface area contributed by atoms with E-state index >= 15 is 0 Å². The molecule has 2 aromatic rings. The Hall–Kier alpha value is -3.22. The molecule has 2 amide bonds. The van der Waals surface area contributed by atoms with E-state index in [4.69, 9.17) is 4.74 Å². The summed E-state index contributed by atoms with van der Waals surface area (Å²) in [5.41, 5.74) is -2.81. The van der Waals surface area contributed by atoms with E-state index in [-0.39, 0.29) is 43.2 Å². The molecule has 6 nitrogen and oxygen atoms in total. The maximum Gasteiger partial charge on any atom is 0.417 e. The molecule has 3 heterocycles. The number of ether oxygens (including phenoxy) is 1. The van der Waals surface area contributed by atoms with E-state index in [2.05, 4.69) is 10.3 Å². The maximum atomic E-state index is 14.7. The molecular weight excluding hydrogens is 511 g/mol. The first-order chi connectivity index (χ1) is 17.3. The number of nitrogens with one attached hydrogen (secondary N) is 1. The monoisotopic (exact) mass is 533 g/mol. The molecule has 0 spiro atoms. The van der Waals surface area contributed by atoms with Gasteiger partial charge in [0.15, 0.2) is 0 Å². The zero-order valence-corrected chi connectivity index (χ0v) is 19.4. The number of nitrogens with zero attached hydrogens (tertiary/aromatic N) is 2. The Morgan fingerprint density at radius 1 is 1.05 bits per heavy atom. The summed E-state index contributed by atoms with van der Waals surface area (Å²) in [5, 5.41) is 2.64. The number of halogens is 7. The molecule has 0 unspecified atom stereocenters. The third kappa shape index (κ3) is 5.71. The van der Waals surface area contributed by atoms with E-state index in [1.165, 1.54) is 0 Å². The summed E-state index contributed by atoms with van der Waals surface area (Å²) in [4.78, 5) is 31.0. The predicted octanol–water partition coefficient (Wildman–Crippen LogP) is 4.61. The molecular formula is C24H22F7N3O3. The van der Waals surface area contributed by atoms with Crippen molar-refractivity contribution in [1.82, 2.24) is 15.2 Å². The third-order valence-corrected chi connectivity index (χ3v) is 6.48. The standard InChI is InChI=1S/C24H22F7N3O3/c1-12-4-19(34(9-12)22(36)13-5-16(8-32-7-13)24(29,30)31)21(35)33-20(14-10-37-11-14)17-3-2-15(6-18(17)25)23(26,27)28/h2-3,5-8,12,14,19-20H,4,9-11H2,1H3,(H,33,35)/t12-,19-,20-/m1/s1. The smallest absolute Gasteiger partial charge is 0.381 e. The minimum Gasteiger partial charge on any atom is -0.381 e. The van der Waals surface area contributed by atoms with Crippen LogP contribution in [-0.4, -0.2) is 47.5 Å². The lowest BCUT2D eigenvalue weighted by Crippen LogP contribution is -2.50. The lowest BCUT2D eigenvalue weighted by Gasteiger charge is -2.36. The molecule has 37 heavy (non-hydrogen) atoms. The molecule has 200 valence electrons. The first-order valence-corrected chi connectivity index (χ1v) is 11.3. The van der Waals surface area contributed by atoms with Gasteiger partial charge in [0.2, 0.25) is 5.91 Å². The highest BCUT2D eigenvalue weighted by molar-refractivity contribution is 5.98. The minimum absolute atomic E-state index is 0.0824. The predicted molar refractivity (Wildman–Crippen MR) is 114 cm³/mol. The van der Waals surface area contributed by atoms with Crippen molar-refractivity contribution < 1.29 is 45.1 Å². The lowest BCUT2D eigenvalue weighted by molar-refractivity contribution is -0.138. The fourth-order valence-electron chi connectivity index (χ4n) is 4.50. The fourth-order valence-corrected chi connectivity index (χ4v) is 4.50. The lowest BCUT2D eigenvalue weighted by atomic mass is 9.90. The number of pyridine rings is 1. The molecule has 0 aliphatic carbocycles. The summed E-state index contributed by atoms with van der Waals surface area (Å²) in [6.45, 7) is 2.10. The number of hydrogen-bond donors (Lipinski definition) is 1. The van der Waals surface area contributed by atoms with Crippen LogP contribution in [0.5, 0.6) is 0 Å². The van der Waals surface area contributed by atoms with Gasteiger partial charge in [0.25, 0.3) is 5.91 Å². The van der Waals surface area contributed by atoms with E-state index in [9.17, 15) is 40.3 Å². The van der Waals surface area contributed by atoms with Gasteiger partial charge in [0.1, 0.15) is 11.9 Å². The number of hydrogen-bond acceptors (Lipinski definition) is 4. The Morgan fingerprint density at radius 3 is 2.30 bits per heavy atom. The molecule has 1 aromatic carbocycles.